The van der Waals surface area contributed by atoms with Gasteiger partial charge in [0.25, 0.3) is 0 Å². The summed E-state index contributed by atoms with van der Waals surface area (Å²) in [6, 6.07) is 0. The van der Waals surface area contributed by atoms with E-state index in [2.05, 4.69) is 6.58 Å². The van der Waals surface area contributed by atoms with E-state index in [4.69, 9.17) is 5.73 Å². The molecular formula is C7H11N. The Morgan fingerprint density at radius 2 is 2.00 bits per heavy atom. The van der Waals surface area contributed by atoms with Crippen LogP contribution in [0.25, 0.3) is 0 Å². The first-order valence-corrected chi connectivity index (χ1v) is 2.56. The summed E-state index contributed by atoms with van der Waals surface area (Å²) in [7, 11) is 0. The average molecular weight is 109 g/mol. The first-order chi connectivity index (χ1) is 3.91. The minimum absolute atomic E-state index is 0.599. The maximum atomic E-state index is 5.16. The SMILES string of the molecule is C=CC=C/C=C/CN. The smallest absolute Gasteiger partial charge is 0.0109 e. The molecule has 0 bridgehead atoms. The summed E-state index contributed by atoms with van der Waals surface area (Å²) in [5.41, 5.74) is 5.16. The highest BCUT2D eigenvalue weighted by Crippen LogP contribution is 1.74. The van der Waals surface area contributed by atoms with E-state index in [-0.39, 0.29) is 0 Å². The zero-order valence-electron chi connectivity index (χ0n) is 4.88. The standard InChI is InChI=1S/C7H11N/c1-2-3-4-5-6-7-8/h2-6H,1,7-8H2/b4-3?,6-5+. The predicted molar refractivity (Wildman–Crippen MR) is 37.5 cm³/mol. The van der Waals surface area contributed by atoms with Gasteiger partial charge in [0.05, 0.1) is 0 Å². The van der Waals surface area contributed by atoms with Crippen LogP contribution >= 0.6 is 0 Å². The van der Waals surface area contributed by atoms with E-state index in [1.807, 2.05) is 24.3 Å². The molecule has 0 aromatic carbocycles. The maximum absolute atomic E-state index is 5.16. The maximum Gasteiger partial charge on any atom is 0.0109 e. The molecule has 0 aliphatic rings. The van der Waals surface area contributed by atoms with Crippen LogP contribution in [0.5, 0.6) is 0 Å². The van der Waals surface area contributed by atoms with Crippen LogP contribution in [0.3, 0.4) is 0 Å². The predicted octanol–water partition coefficient (Wildman–Crippen LogP) is 1.24. The van der Waals surface area contributed by atoms with Crippen LogP contribution in [0, 0.1) is 0 Å². The zero-order chi connectivity index (χ0) is 6.24. The average Bonchev–Trinajstić information content (AvgIpc) is 1.81. The Morgan fingerprint density at radius 3 is 2.50 bits per heavy atom. The van der Waals surface area contributed by atoms with Gasteiger partial charge in [0.1, 0.15) is 0 Å². The summed E-state index contributed by atoms with van der Waals surface area (Å²) in [5.74, 6) is 0. The van der Waals surface area contributed by atoms with Gasteiger partial charge in [0, 0.05) is 6.54 Å². The van der Waals surface area contributed by atoms with Gasteiger partial charge < -0.3 is 5.73 Å². The molecule has 2 N–H and O–H groups in total. The van der Waals surface area contributed by atoms with Gasteiger partial charge >= 0.3 is 0 Å². The van der Waals surface area contributed by atoms with Crippen molar-refractivity contribution < 1.29 is 0 Å². The highest BCUT2D eigenvalue weighted by molar-refractivity contribution is 5.08. The van der Waals surface area contributed by atoms with Gasteiger partial charge in [-0.1, -0.05) is 37.0 Å². The Kier molecular flexibility index (Phi) is 5.55. The van der Waals surface area contributed by atoms with Gasteiger partial charge in [-0.3, -0.25) is 0 Å². The van der Waals surface area contributed by atoms with Gasteiger partial charge in [0.15, 0.2) is 0 Å². The highest BCUT2D eigenvalue weighted by Gasteiger charge is 1.58. The van der Waals surface area contributed by atoms with Gasteiger partial charge in [-0.05, 0) is 0 Å². The van der Waals surface area contributed by atoms with Gasteiger partial charge in [-0.25, -0.2) is 0 Å². The van der Waals surface area contributed by atoms with Gasteiger partial charge in [0.2, 0.25) is 0 Å². The molecule has 0 saturated carbocycles. The van der Waals surface area contributed by atoms with Crippen LogP contribution in [0.4, 0.5) is 0 Å². The zero-order valence-corrected chi connectivity index (χ0v) is 4.88. The van der Waals surface area contributed by atoms with Crippen molar-refractivity contribution in [3.05, 3.63) is 37.0 Å². The van der Waals surface area contributed by atoms with E-state index in [1.54, 1.807) is 6.08 Å². The molecule has 8 heavy (non-hydrogen) atoms. The van der Waals surface area contributed by atoms with Crippen molar-refractivity contribution in [3.8, 4) is 0 Å². The normalized spacial score (nSPS) is 11.1. The molecule has 1 nitrogen and oxygen atoms in total. The summed E-state index contributed by atoms with van der Waals surface area (Å²) in [6.45, 7) is 4.11. The summed E-state index contributed by atoms with van der Waals surface area (Å²) in [6.07, 6.45) is 9.23. The highest BCUT2D eigenvalue weighted by atomic mass is 14.5. The molecule has 0 amide bonds. The van der Waals surface area contributed by atoms with Crippen molar-refractivity contribution in [1.29, 1.82) is 0 Å². The van der Waals surface area contributed by atoms with Gasteiger partial charge in [-0.15, -0.1) is 0 Å². The molecule has 0 saturated heterocycles. The van der Waals surface area contributed by atoms with Crippen molar-refractivity contribution in [3.63, 3.8) is 0 Å². The van der Waals surface area contributed by atoms with E-state index in [1.165, 1.54) is 0 Å². The first kappa shape index (κ1) is 7.18. The van der Waals surface area contributed by atoms with Crippen LogP contribution < -0.4 is 5.73 Å². The largest absolute Gasteiger partial charge is 0.327 e. The molecule has 0 heterocycles. The Hall–Kier alpha value is -0.820. The molecular weight excluding hydrogens is 98.1 g/mol. The van der Waals surface area contributed by atoms with Crippen LogP contribution in [0.2, 0.25) is 0 Å². The molecule has 0 unspecified atom stereocenters. The second-order valence-electron chi connectivity index (χ2n) is 1.28. The van der Waals surface area contributed by atoms with Crippen molar-refractivity contribution in [2.24, 2.45) is 5.73 Å². The summed E-state index contributed by atoms with van der Waals surface area (Å²) < 4.78 is 0. The Morgan fingerprint density at radius 1 is 1.25 bits per heavy atom. The summed E-state index contributed by atoms with van der Waals surface area (Å²) in [4.78, 5) is 0. The van der Waals surface area contributed by atoms with Crippen LogP contribution in [0.1, 0.15) is 0 Å². The Labute approximate surface area is 50.2 Å². The molecule has 0 aromatic heterocycles. The topological polar surface area (TPSA) is 26.0 Å². The fraction of sp³-hybridized carbons (Fsp3) is 0.143. The van der Waals surface area contributed by atoms with E-state index >= 15 is 0 Å². The van der Waals surface area contributed by atoms with Crippen molar-refractivity contribution >= 4 is 0 Å². The van der Waals surface area contributed by atoms with Crippen LogP contribution in [-0.4, -0.2) is 6.54 Å². The minimum Gasteiger partial charge on any atom is -0.327 e. The van der Waals surface area contributed by atoms with E-state index in [0.29, 0.717) is 6.54 Å². The van der Waals surface area contributed by atoms with E-state index in [0.717, 1.165) is 0 Å². The summed E-state index contributed by atoms with van der Waals surface area (Å²) >= 11 is 0. The molecule has 0 spiro atoms. The van der Waals surface area contributed by atoms with Gasteiger partial charge in [-0.2, -0.15) is 0 Å². The first-order valence-electron chi connectivity index (χ1n) is 2.56. The van der Waals surface area contributed by atoms with Crippen LogP contribution in [-0.2, 0) is 0 Å². The quantitative estimate of drug-likeness (QED) is 0.542. The molecule has 0 rings (SSSR count). The fourth-order valence-corrected chi connectivity index (χ4v) is 0.300. The molecule has 0 aliphatic heterocycles. The lowest BCUT2D eigenvalue weighted by molar-refractivity contribution is 1.25. The van der Waals surface area contributed by atoms with Crippen LogP contribution in [0.15, 0.2) is 37.0 Å². The fourth-order valence-electron chi connectivity index (χ4n) is 0.300. The second kappa shape index (κ2) is 6.18. The lowest BCUT2D eigenvalue weighted by Crippen LogP contribution is -1.91. The van der Waals surface area contributed by atoms with Crippen molar-refractivity contribution in [1.82, 2.24) is 0 Å². The third kappa shape index (κ3) is 5.18. The van der Waals surface area contributed by atoms with Crippen molar-refractivity contribution in [2.75, 3.05) is 6.54 Å². The number of allylic oxidation sites excluding steroid dienone is 4. The third-order valence-electron chi connectivity index (χ3n) is 0.630. The van der Waals surface area contributed by atoms with E-state index < -0.39 is 0 Å². The molecule has 44 valence electrons. The number of rotatable bonds is 3. The molecule has 1 heteroatoms. The molecule has 0 radical (unpaired) electrons. The lowest BCUT2D eigenvalue weighted by Gasteiger charge is -1.72. The lowest BCUT2D eigenvalue weighted by atomic mass is 10.4. The number of hydrogen-bond donors (Lipinski definition) is 1. The molecule has 0 atom stereocenters. The number of nitrogens with two attached hydrogens (primary N) is 1. The monoisotopic (exact) mass is 109 g/mol. The molecule has 0 fully saturated rings. The number of hydrogen-bond acceptors (Lipinski definition) is 1. The van der Waals surface area contributed by atoms with E-state index in [9.17, 15) is 0 Å². The minimum atomic E-state index is 0.599. The Bertz CT molecular complexity index is 101. The summed E-state index contributed by atoms with van der Waals surface area (Å²) in [5, 5.41) is 0. The Balaban J connectivity index is 3.26. The molecule has 0 aromatic rings. The van der Waals surface area contributed by atoms with Crippen molar-refractivity contribution in [2.45, 2.75) is 0 Å². The molecule has 0 aliphatic carbocycles. The third-order valence-corrected chi connectivity index (χ3v) is 0.630. The second-order valence-corrected chi connectivity index (χ2v) is 1.28.